The summed E-state index contributed by atoms with van der Waals surface area (Å²) >= 11 is 5.78. The maximum absolute atomic E-state index is 12.1. The van der Waals surface area contributed by atoms with Crippen LogP contribution >= 0.6 is 11.6 Å². The van der Waals surface area contributed by atoms with E-state index in [1.54, 1.807) is 29.2 Å². The van der Waals surface area contributed by atoms with Crippen LogP contribution in [0.4, 0.5) is 5.69 Å². The molecule has 0 aliphatic carbocycles. The molecule has 0 saturated carbocycles. The number of halogens is 1. The third-order valence-corrected chi connectivity index (χ3v) is 3.42. The van der Waals surface area contributed by atoms with Gasteiger partial charge in [0.2, 0.25) is 5.91 Å². The van der Waals surface area contributed by atoms with Gasteiger partial charge in [-0.3, -0.25) is 9.59 Å². The van der Waals surface area contributed by atoms with Gasteiger partial charge in [0.15, 0.2) is 0 Å². The molecule has 0 aromatic heterocycles. The highest BCUT2D eigenvalue weighted by Crippen LogP contribution is 2.15. The van der Waals surface area contributed by atoms with Gasteiger partial charge in [-0.25, -0.2) is 0 Å². The number of carbonyl (C=O) groups excluding carboxylic acids is 2. The van der Waals surface area contributed by atoms with Crippen LogP contribution in [-0.4, -0.2) is 49.1 Å². The first kappa shape index (κ1) is 15.8. The van der Waals surface area contributed by atoms with E-state index in [1.165, 1.54) is 0 Å². The maximum Gasteiger partial charge on any atom is 0.252 e. The number of hydrogen-bond donors (Lipinski definition) is 2. The molecule has 1 aromatic rings. The summed E-state index contributed by atoms with van der Waals surface area (Å²) in [4.78, 5) is 25.7. The fraction of sp³-hybridized carbons (Fsp3) is 0.429. The zero-order chi connectivity index (χ0) is 15.2. The zero-order valence-corrected chi connectivity index (χ0v) is 12.3. The van der Waals surface area contributed by atoms with E-state index in [1.807, 2.05) is 0 Å². The van der Waals surface area contributed by atoms with E-state index in [4.69, 9.17) is 22.1 Å². The van der Waals surface area contributed by atoms with Crippen LogP contribution < -0.4 is 11.1 Å². The monoisotopic (exact) mass is 311 g/mol. The summed E-state index contributed by atoms with van der Waals surface area (Å²) in [5.74, 6) is -0.455. The molecule has 21 heavy (non-hydrogen) atoms. The Morgan fingerprint density at radius 1 is 1.43 bits per heavy atom. The first-order valence-corrected chi connectivity index (χ1v) is 7.14. The Morgan fingerprint density at radius 2 is 2.14 bits per heavy atom. The number of benzene rings is 1. The van der Waals surface area contributed by atoms with Crippen molar-refractivity contribution >= 4 is 29.1 Å². The molecular weight excluding hydrogens is 294 g/mol. The molecule has 0 radical (unpaired) electrons. The number of rotatable bonds is 5. The Bertz CT molecular complexity index is 505. The van der Waals surface area contributed by atoms with Gasteiger partial charge in [-0.05, 0) is 24.3 Å². The number of ether oxygens (including phenoxy) is 1. The van der Waals surface area contributed by atoms with E-state index in [0.29, 0.717) is 37.0 Å². The van der Waals surface area contributed by atoms with E-state index in [9.17, 15) is 9.59 Å². The topological polar surface area (TPSA) is 84.7 Å². The molecule has 2 rings (SSSR count). The molecule has 1 heterocycles. The minimum absolute atomic E-state index is 0.0114. The van der Waals surface area contributed by atoms with Gasteiger partial charge < -0.3 is 20.7 Å². The number of morpholine rings is 1. The van der Waals surface area contributed by atoms with Crippen molar-refractivity contribution in [1.29, 1.82) is 0 Å². The minimum Gasteiger partial charge on any atom is -0.366 e. The van der Waals surface area contributed by atoms with Gasteiger partial charge in [-0.15, -0.1) is 0 Å². The maximum atomic E-state index is 12.1. The molecule has 6 nitrogen and oxygen atoms in total. The minimum atomic E-state index is -0.738. The highest BCUT2D eigenvalue weighted by Gasteiger charge is 2.30. The van der Waals surface area contributed by atoms with Crippen molar-refractivity contribution in [2.24, 2.45) is 5.73 Å². The molecule has 1 aromatic carbocycles. The Hall–Kier alpha value is -1.63. The molecule has 3 N–H and O–H groups in total. The van der Waals surface area contributed by atoms with Crippen LogP contribution in [0.1, 0.15) is 6.42 Å². The van der Waals surface area contributed by atoms with Crippen molar-refractivity contribution < 1.29 is 14.3 Å². The Balaban J connectivity index is 1.89. The summed E-state index contributed by atoms with van der Waals surface area (Å²) in [6.07, 6.45) is -0.750. The molecular formula is C14H18ClN3O3. The van der Waals surface area contributed by atoms with Crippen LogP contribution in [0.2, 0.25) is 5.02 Å². The fourth-order valence-corrected chi connectivity index (χ4v) is 2.25. The van der Waals surface area contributed by atoms with Crippen LogP contribution in [0.25, 0.3) is 0 Å². The number of anilines is 1. The van der Waals surface area contributed by atoms with Gasteiger partial charge in [-0.1, -0.05) is 11.6 Å². The highest BCUT2D eigenvalue weighted by molar-refractivity contribution is 6.30. The van der Waals surface area contributed by atoms with Gasteiger partial charge in [0.25, 0.3) is 5.91 Å². The molecule has 0 bridgehead atoms. The second kappa shape index (κ2) is 7.40. The van der Waals surface area contributed by atoms with Crippen LogP contribution in [-0.2, 0) is 14.3 Å². The molecule has 1 fully saturated rings. The number of nitrogens with zero attached hydrogens (tertiary/aromatic N) is 1. The van der Waals surface area contributed by atoms with Gasteiger partial charge in [-0.2, -0.15) is 0 Å². The Kier molecular flexibility index (Phi) is 5.55. The van der Waals surface area contributed by atoms with E-state index < -0.39 is 6.10 Å². The molecule has 1 saturated heterocycles. The second-order valence-electron chi connectivity index (χ2n) is 4.73. The molecule has 2 amide bonds. The van der Waals surface area contributed by atoms with Gasteiger partial charge >= 0.3 is 0 Å². The lowest BCUT2D eigenvalue weighted by molar-refractivity contribution is -0.154. The summed E-state index contributed by atoms with van der Waals surface area (Å²) in [5, 5.41) is 3.30. The fourth-order valence-electron chi connectivity index (χ4n) is 2.13. The van der Waals surface area contributed by atoms with Crippen molar-refractivity contribution in [2.45, 2.75) is 12.5 Å². The third-order valence-electron chi connectivity index (χ3n) is 3.17. The Morgan fingerprint density at radius 3 is 2.81 bits per heavy atom. The highest BCUT2D eigenvalue weighted by atomic mass is 35.5. The van der Waals surface area contributed by atoms with E-state index in [2.05, 4.69) is 5.32 Å². The van der Waals surface area contributed by atoms with Crippen LogP contribution in [0, 0.1) is 0 Å². The van der Waals surface area contributed by atoms with Crippen LogP contribution in [0.15, 0.2) is 24.3 Å². The second-order valence-corrected chi connectivity index (χ2v) is 5.17. The smallest absolute Gasteiger partial charge is 0.252 e. The SMILES string of the molecule is NCCN1CCO[C@@H](CC(=O)Nc2ccc(Cl)cc2)C1=O. The van der Waals surface area contributed by atoms with Crippen molar-refractivity contribution in [1.82, 2.24) is 4.90 Å². The summed E-state index contributed by atoms with van der Waals surface area (Å²) < 4.78 is 5.38. The Labute approximate surface area is 128 Å². The molecule has 1 aliphatic rings. The van der Waals surface area contributed by atoms with E-state index in [-0.39, 0.29) is 18.2 Å². The summed E-state index contributed by atoms with van der Waals surface area (Å²) in [6, 6.07) is 6.76. The van der Waals surface area contributed by atoms with Crippen LogP contribution in [0.5, 0.6) is 0 Å². The lowest BCUT2D eigenvalue weighted by atomic mass is 10.1. The standard InChI is InChI=1S/C14H18ClN3O3/c15-10-1-3-11(4-2-10)17-13(19)9-12-14(20)18(6-5-16)7-8-21-12/h1-4,12H,5-9,16H2,(H,17,19)/t12-/m0/s1. The number of hydrogen-bond acceptors (Lipinski definition) is 4. The molecule has 0 unspecified atom stereocenters. The molecule has 1 aliphatic heterocycles. The summed E-state index contributed by atoms with van der Waals surface area (Å²) in [6.45, 7) is 1.82. The number of nitrogens with two attached hydrogens (primary N) is 1. The van der Waals surface area contributed by atoms with Crippen molar-refractivity contribution in [2.75, 3.05) is 31.6 Å². The van der Waals surface area contributed by atoms with Crippen molar-refractivity contribution in [3.63, 3.8) is 0 Å². The van der Waals surface area contributed by atoms with Crippen molar-refractivity contribution in [3.8, 4) is 0 Å². The zero-order valence-electron chi connectivity index (χ0n) is 11.5. The van der Waals surface area contributed by atoms with Crippen molar-refractivity contribution in [3.05, 3.63) is 29.3 Å². The largest absolute Gasteiger partial charge is 0.366 e. The first-order valence-electron chi connectivity index (χ1n) is 6.76. The predicted molar refractivity (Wildman–Crippen MR) is 80.1 cm³/mol. The normalized spacial score (nSPS) is 18.7. The number of carbonyl (C=O) groups is 2. The molecule has 0 spiro atoms. The predicted octanol–water partition coefficient (Wildman–Crippen LogP) is 0.855. The average Bonchev–Trinajstić information content (AvgIpc) is 2.46. The average molecular weight is 312 g/mol. The lowest BCUT2D eigenvalue weighted by Crippen LogP contribution is -2.50. The molecule has 7 heteroatoms. The van der Waals surface area contributed by atoms with E-state index in [0.717, 1.165) is 0 Å². The third kappa shape index (κ3) is 4.42. The quantitative estimate of drug-likeness (QED) is 0.844. The summed E-state index contributed by atoms with van der Waals surface area (Å²) in [7, 11) is 0. The first-order chi connectivity index (χ1) is 10.1. The summed E-state index contributed by atoms with van der Waals surface area (Å²) in [5.41, 5.74) is 6.09. The number of nitrogens with one attached hydrogen (secondary N) is 1. The van der Waals surface area contributed by atoms with E-state index >= 15 is 0 Å². The van der Waals surface area contributed by atoms with Gasteiger partial charge in [0.1, 0.15) is 6.10 Å². The van der Waals surface area contributed by atoms with Crippen LogP contribution in [0.3, 0.4) is 0 Å². The lowest BCUT2D eigenvalue weighted by Gasteiger charge is -2.31. The number of amides is 2. The van der Waals surface area contributed by atoms with Gasteiger partial charge in [0, 0.05) is 30.3 Å². The molecule has 114 valence electrons. The molecule has 1 atom stereocenters. The van der Waals surface area contributed by atoms with Gasteiger partial charge in [0.05, 0.1) is 13.0 Å².